The van der Waals surface area contributed by atoms with E-state index in [2.05, 4.69) is 17.0 Å². The Labute approximate surface area is 120 Å². The molecule has 3 N–H and O–H groups in total. The quantitative estimate of drug-likeness (QED) is 0.901. The number of rotatable bonds is 3. The van der Waals surface area contributed by atoms with Crippen LogP contribution in [0.25, 0.3) is 10.8 Å². The van der Waals surface area contributed by atoms with Gasteiger partial charge in [0, 0.05) is 24.7 Å². The first-order valence-electron chi connectivity index (χ1n) is 7.43. The summed E-state index contributed by atoms with van der Waals surface area (Å²) in [4.78, 5) is 2.42. The molecule has 1 saturated heterocycles. The lowest BCUT2D eigenvalue weighted by Gasteiger charge is -2.35. The molecular weight excluding hydrogens is 248 g/mol. The standard InChI is InChI=1S/C17H22N2O/c18-11-14-6-3-4-10-19(14)12-16-15-7-2-1-5-13(15)8-9-17(16)20/h1-2,5,7-9,14,20H,3-4,6,10-12,18H2. The van der Waals surface area contributed by atoms with Crippen LogP contribution in [-0.2, 0) is 6.54 Å². The Morgan fingerprint density at radius 3 is 2.85 bits per heavy atom. The molecule has 1 aliphatic heterocycles. The van der Waals surface area contributed by atoms with E-state index in [1.54, 1.807) is 6.07 Å². The third kappa shape index (κ3) is 2.51. The van der Waals surface area contributed by atoms with E-state index >= 15 is 0 Å². The van der Waals surface area contributed by atoms with Crippen molar-refractivity contribution in [1.29, 1.82) is 0 Å². The molecule has 0 radical (unpaired) electrons. The fourth-order valence-corrected chi connectivity index (χ4v) is 3.23. The van der Waals surface area contributed by atoms with Crippen molar-refractivity contribution in [3.8, 4) is 5.75 Å². The van der Waals surface area contributed by atoms with Gasteiger partial charge in [-0.15, -0.1) is 0 Å². The first kappa shape index (κ1) is 13.4. The number of likely N-dealkylation sites (tertiary alicyclic amines) is 1. The van der Waals surface area contributed by atoms with Crippen LogP contribution in [0.2, 0.25) is 0 Å². The highest BCUT2D eigenvalue weighted by atomic mass is 16.3. The molecule has 0 spiro atoms. The monoisotopic (exact) mass is 270 g/mol. The number of piperidine rings is 1. The maximum absolute atomic E-state index is 10.2. The normalized spacial score (nSPS) is 20.4. The topological polar surface area (TPSA) is 49.5 Å². The van der Waals surface area contributed by atoms with Crippen LogP contribution in [0.15, 0.2) is 36.4 Å². The van der Waals surface area contributed by atoms with Crippen molar-refractivity contribution < 1.29 is 5.11 Å². The van der Waals surface area contributed by atoms with E-state index in [1.165, 1.54) is 24.6 Å². The summed E-state index contributed by atoms with van der Waals surface area (Å²) in [6.07, 6.45) is 3.66. The SMILES string of the molecule is NCC1CCCCN1Cc1c(O)ccc2ccccc12. The molecule has 20 heavy (non-hydrogen) atoms. The maximum atomic E-state index is 10.2. The lowest BCUT2D eigenvalue weighted by atomic mass is 9.98. The molecule has 1 heterocycles. The zero-order chi connectivity index (χ0) is 13.9. The number of aromatic hydroxyl groups is 1. The molecule has 2 aromatic carbocycles. The average molecular weight is 270 g/mol. The van der Waals surface area contributed by atoms with Crippen molar-refractivity contribution in [3.05, 3.63) is 42.0 Å². The number of benzene rings is 2. The van der Waals surface area contributed by atoms with Gasteiger partial charge in [0.25, 0.3) is 0 Å². The van der Waals surface area contributed by atoms with E-state index in [0.29, 0.717) is 18.3 Å². The van der Waals surface area contributed by atoms with E-state index in [1.807, 2.05) is 18.2 Å². The number of nitrogens with zero attached hydrogens (tertiary/aromatic N) is 1. The molecule has 0 bridgehead atoms. The Bertz CT molecular complexity index is 597. The molecule has 106 valence electrons. The van der Waals surface area contributed by atoms with Gasteiger partial charge in [-0.1, -0.05) is 36.8 Å². The molecule has 2 aromatic rings. The molecule has 0 aliphatic carbocycles. The van der Waals surface area contributed by atoms with Gasteiger partial charge in [0.1, 0.15) is 5.75 Å². The molecule has 0 amide bonds. The number of phenolic OH excluding ortho intramolecular Hbond substituents is 1. The van der Waals surface area contributed by atoms with Crippen LogP contribution in [0.4, 0.5) is 0 Å². The van der Waals surface area contributed by atoms with E-state index in [9.17, 15) is 5.11 Å². The molecule has 3 rings (SSSR count). The second kappa shape index (κ2) is 5.81. The molecule has 0 saturated carbocycles. The van der Waals surface area contributed by atoms with Crippen LogP contribution in [0.5, 0.6) is 5.75 Å². The second-order valence-corrected chi connectivity index (χ2v) is 5.64. The van der Waals surface area contributed by atoms with Crippen molar-refractivity contribution in [2.45, 2.75) is 31.8 Å². The Hall–Kier alpha value is -1.58. The van der Waals surface area contributed by atoms with Crippen molar-refractivity contribution in [1.82, 2.24) is 4.90 Å². The third-order valence-corrected chi connectivity index (χ3v) is 4.40. The van der Waals surface area contributed by atoms with Crippen LogP contribution in [0, 0.1) is 0 Å². The fourth-order valence-electron chi connectivity index (χ4n) is 3.23. The largest absolute Gasteiger partial charge is 0.508 e. The molecule has 1 fully saturated rings. The van der Waals surface area contributed by atoms with Gasteiger partial charge in [0.2, 0.25) is 0 Å². The summed E-state index contributed by atoms with van der Waals surface area (Å²) in [5, 5.41) is 12.6. The zero-order valence-corrected chi connectivity index (χ0v) is 11.8. The van der Waals surface area contributed by atoms with E-state index in [4.69, 9.17) is 5.73 Å². The summed E-state index contributed by atoms with van der Waals surface area (Å²) in [6, 6.07) is 12.5. The fraction of sp³-hybridized carbons (Fsp3) is 0.412. The minimum Gasteiger partial charge on any atom is -0.508 e. The number of nitrogens with two attached hydrogens (primary N) is 1. The summed E-state index contributed by atoms with van der Waals surface area (Å²) in [5.74, 6) is 0.394. The minimum absolute atomic E-state index is 0.394. The summed E-state index contributed by atoms with van der Waals surface area (Å²) >= 11 is 0. The van der Waals surface area contributed by atoms with E-state index in [0.717, 1.165) is 24.0 Å². The minimum atomic E-state index is 0.394. The molecule has 1 unspecified atom stereocenters. The second-order valence-electron chi connectivity index (χ2n) is 5.64. The molecule has 3 nitrogen and oxygen atoms in total. The van der Waals surface area contributed by atoms with Gasteiger partial charge in [0.15, 0.2) is 0 Å². The Kier molecular flexibility index (Phi) is 3.90. The van der Waals surface area contributed by atoms with Crippen LogP contribution in [-0.4, -0.2) is 29.1 Å². The predicted molar refractivity (Wildman–Crippen MR) is 82.7 cm³/mol. The smallest absolute Gasteiger partial charge is 0.120 e. The summed E-state index contributed by atoms with van der Waals surface area (Å²) in [5.41, 5.74) is 6.92. The van der Waals surface area contributed by atoms with Gasteiger partial charge in [-0.25, -0.2) is 0 Å². The number of hydrogen-bond donors (Lipinski definition) is 2. The number of fused-ring (bicyclic) bond motifs is 1. The summed E-state index contributed by atoms with van der Waals surface area (Å²) in [6.45, 7) is 2.56. The molecule has 1 atom stereocenters. The van der Waals surface area contributed by atoms with E-state index in [-0.39, 0.29) is 0 Å². The van der Waals surface area contributed by atoms with Gasteiger partial charge in [-0.3, -0.25) is 4.90 Å². The van der Waals surface area contributed by atoms with Gasteiger partial charge < -0.3 is 10.8 Å². The Morgan fingerprint density at radius 2 is 2.00 bits per heavy atom. The van der Waals surface area contributed by atoms with Crippen LogP contribution in [0.1, 0.15) is 24.8 Å². The van der Waals surface area contributed by atoms with Crippen molar-refractivity contribution >= 4 is 10.8 Å². The van der Waals surface area contributed by atoms with Gasteiger partial charge in [-0.2, -0.15) is 0 Å². The molecule has 3 heteroatoms. The number of phenols is 1. The lowest BCUT2D eigenvalue weighted by Crippen LogP contribution is -2.43. The first-order valence-corrected chi connectivity index (χ1v) is 7.43. The van der Waals surface area contributed by atoms with Crippen LogP contribution in [0.3, 0.4) is 0 Å². The van der Waals surface area contributed by atoms with Gasteiger partial charge >= 0.3 is 0 Å². The van der Waals surface area contributed by atoms with Crippen molar-refractivity contribution in [3.63, 3.8) is 0 Å². The summed E-state index contributed by atoms with van der Waals surface area (Å²) < 4.78 is 0. The highest BCUT2D eigenvalue weighted by molar-refractivity contribution is 5.87. The summed E-state index contributed by atoms with van der Waals surface area (Å²) in [7, 11) is 0. The zero-order valence-electron chi connectivity index (χ0n) is 11.8. The van der Waals surface area contributed by atoms with Gasteiger partial charge in [0.05, 0.1) is 0 Å². The Morgan fingerprint density at radius 1 is 1.15 bits per heavy atom. The van der Waals surface area contributed by atoms with Crippen LogP contribution < -0.4 is 5.73 Å². The number of hydrogen-bond acceptors (Lipinski definition) is 3. The van der Waals surface area contributed by atoms with Gasteiger partial charge in [-0.05, 0) is 36.2 Å². The lowest BCUT2D eigenvalue weighted by molar-refractivity contribution is 0.144. The molecule has 0 aromatic heterocycles. The van der Waals surface area contributed by atoms with Crippen LogP contribution >= 0.6 is 0 Å². The highest BCUT2D eigenvalue weighted by Crippen LogP contribution is 2.30. The average Bonchev–Trinajstić information content (AvgIpc) is 2.50. The highest BCUT2D eigenvalue weighted by Gasteiger charge is 2.22. The van der Waals surface area contributed by atoms with Crippen molar-refractivity contribution in [2.24, 2.45) is 5.73 Å². The third-order valence-electron chi connectivity index (χ3n) is 4.40. The molecular formula is C17H22N2O. The maximum Gasteiger partial charge on any atom is 0.120 e. The van der Waals surface area contributed by atoms with Crippen molar-refractivity contribution in [2.75, 3.05) is 13.1 Å². The Balaban J connectivity index is 1.95. The first-order chi connectivity index (χ1) is 9.79. The predicted octanol–water partition coefficient (Wildman–Crippen LogP) is 2.86. The molecule has 1 aliphatic rings. The van der Waals surface area contributed by atoms with E-state index < -0.39 is 0 Å².